The van der Waals surface area contributed by atoms with E-state index < -0.39 is 16.0 Å². The molecule has 0 fully saturated rings. The molecule has 0 radical (unpaired) electrons. The molecular formula is C16H21ClN4O4S. The smallest absolute Gasteiger partial charge is 0.342 e. The van der Waals surface area contributed by atoms with Gasteiger partial charge in [-0.05, 0) is 31.0 Å². The highest BCUT2D eigenvalue weighted by Crippen LogP contribution is 2.22. The fourth-order valence-corrected chi connectivity index (χ4v) is 4.00. The van der Waals surface area contributed by atoms with Crippen LogP contribution in [0.2, 0.25) is 0 Å². The minimum absolute atomic E-state index is 0. The van der Waals surface area contributed by atoms with Crippen molar-refractivity contribution in [3.05, 3.63) is 47.2 Å². The fraction of sp³-hybridized carbons (Fsp3) is 0.375. The van der Waals surface area contributed by atoms with Crippen LogP contribution in [-0.2, 0) is 21.2 Å². The number of hydrogen-bond acceptors (Lipinski definition) is 6. The Morgan fingerprint density at radius 3 is 2.92 bits per heavy atom. The zero-order valence-electron chi connectivity index (χ0n) is 14.2. The number of sulfonamides is 1. The zero-order chi connectivity index (χ0) is 17.9. The monoisotopic (exact) mass is 400 g/mol. The van der Waals surface area contributed by atoms with Gasteiger partial charge in [-0.15, -0.1) is 12.4 Å². The van der Waals surface area contributed by atoms with Crippen LogP contribution in [0.5, 0.6) is 0 Å². The summed E-state index contributed by atoms with van der Waals surface area (Å²) in [7, 11) is -3.92. The number of carbonyl (C=O) groups is 1. The van der Waals surface area contributed by atoms with Crippen molar-refractivity contribution in [1.82, 2.24) is 20.2 Å². The van der Waals surface area contributed by atoms with Gasteiger partial charge in [-0.1, -0.05) is 24.3 Å². The maximum atomic E-state index is 12.6. The molecule has 1 atom stereocenters. The average molecular weight is 401 g/mol. The standard InChI is InChI=1S/C16H20N4O4S.ClH/c1-2-24-16(21)13-9-18-20-15(13)25(22,23)19-10-14-12-6-4-3-5-11(12)7-8-17-14;/h3-6,9,14,17,19H,2,7-8,10H2,1H3,(H,18,20);1H. The molecule has 1 aliphatic rings. The van der Waals surface area contributed by atoms with Gasteiger partial charge >= 0.3 is 5.97 Å². The van der Waals surface area contributed by atoms with E-state index in [0.717, 1.165) is 24.7 Å². The number of hydrogen-bond donors (Lipinski definition) is 3. The lowest BCUT2D eigenvalue weighted by molar-refractivity contribution is 0.0522. The van der Waals surface area contributed by atoms with Gasteiger partial charge in [-0.2, -0.15) is 5.10 Å². The second-order valence-electron chi connectivity index (χ2n) is 5.64. The SMILES string of the molecule is CCOC(=O)c1cn[nH]c1S(=O)(=O)NCC1NCCc2ccccc21.Cl. The van der Waals surface area contributed by atoms with Gasteiger partial charge in [0.1, 0.15) is 5.56 Å². The van der Waals surface area contributed by atoms with Crippen LogP contribution in [0.3, 0.4) is 0 Å². The van der Waals surface area contributed by atoms with E-state index in [0.29, 0.717) is 0 Å². The molecule has 8 nitrogen and oxygen atoms in total. The van der Waals surface area contributed by atoms with Crippen LogP contribution in [-0.4, -0.2) is 44.3 Å². The summed E-state index contributed by atoms with van der Waals surface area (Å²) in [5, 5.41) is 9.06. The Labute approximate surface area is 158 Å². The van der Waals surface area contributed by atoms with Gasteiger partial charge in [0.15, 0.2) is 5.03 Å². The predicted molar refractivity (Wildman–Crippen MR) is 97.9 cm³/mol. The fourth-order valence-electron chi connectivity index (χ4n) is 2.87. The quantitative estimate of drug-likeness (QED) is 0.627. The van der Waals surface area contributed by atoms with Crippen molar-refractivity contribution in [2.45, 2.75) is 24.4 Å². The molecule has 142 valence electrons. The zero-order valence-corrected chi connectivity index (χ0v) is 15.8. The summed E-state index contributed by atoms with van der Waals surface area (Å²) in [5.41, 5.74) is 2.18. The van der Waals surface area contributed by atoms with Crippen molar-refractivity contribution < 1.29 is 17.9 Å². The molecule has 2 heterocycles. The molecule has 1 aromatic carbocycles. The van der Waals surface area contributed by atoms with Crippen molar-refractivity contribution in [3.63, 3.8) is 0 Å². The summed E-state index contributed by atoms with van der Waals surface area (Å²) in [6.07, 6.45) is 2.06. The molecule has 3 N–H and O–H groups in total. The summed E-state index contributed by atoms with van der Waals surface area (Å²) in [5.74, 6) is -0.724. The molecule has 1 unspecified atom stereocenters. The van der Waals surface area contributed by atoms with E-state index in [1.54, 1.807) is 6.92 Å². The Bertz CT molecular complexity index is 869. The Kier molecular flexibility index (Phi) is 6.76. The first-order valence-electron chi connectivity index (χ1n) is 8.04. The topological polar surface area (TPSA) is 113 Å². The van der Waals surface area contributed by atoms with Crippen LogP contribution in [0, 0.1) is 0 Å². The van der Waals surface area contributed by atoms with Crippen molar-refractivity contribution >= 4 is 28.4 Å². The van der Waals surface area contributed by atoms with Crippen LogP contribution < -0.4 is 10.0 Å². The highest BCUT2D eigenvalue weighted by molar-refractivity contribution is 7.89. The Balaban J connectivity index is 0.00000243. The lowest BCUT2D eigenvalue weighted by Crippen LogP contribution is -2.39. The number of carbonyl (C=O) groups excluding carboxylic acids is 1. The average Bonchev–Trinajstić information content (AvgIpc) is 3.11. The van der Waals surface area contributed by atoms with Gasteiger partial charge in [0.05, 0.1) is 12.8 Å². The minimum Gasteiger partial charge on any atom is -0.462 e. The van der Waals surface area contributed by atoms with Crippen LogP contribution in [0.25, 0.3) is 0 Å². The molecule has 0 amide bonds. The number of H-pyrrole nitrogens is 1. The van der Waals surface area contributed by atoms with Gasteiger partial charge in [0.25, 0.3) is 10.0 Å². The van der Waals surface area contributed by atoms with Crippen LogP contribution in [0.4, 0.5) is 0 Å². The van der Waals surface area contributed by atoms with Gasteiger partial charge in [0, 0.05) is 12.6 Å². The summed E-state index contributed by atoms with van der Waals surface area (Å²) >= 11 is 0. The van der Waals surface area contributed by atoms with Crippen molar-refractivity contribution in [1.29, 1.82) is 0 Å². The number of rotatable bonds is 6. The lowest BCUT2D eigenvalue weighted by atomic mass is 9.95. The minimum atomic E-state index is -3.92. The van der Waals surface area contributed by atoms with Crippen molar-refractivity contribution in [3.8, 4) is 0 Å². The molecule has 26 heavy (non-hydrogen) atoms. The molecule has 0 bridgehead atoms. The number of nitrogens with one attached hydrogen (secondary N) is 3. The van der Waals surface area contributed by atoms with Crippen molar-refractivity contribution in [2.24, 2.45) is 0 Å². The van der Waals surface area contributed by atoms with E-state index in [1.165, 1.54) is 5.56 Å². The van der Waals surface area contributed by atoms with Crippen molar-refractivity contribution in [2.75, 3.05) is 19.7 Å². The third kappa shape index (κ3) is 4.24. The Morgan fingerprint density at radius 2 is 2.15 bits per heavy atom. The molecule has 0 saturated heterocycles. The van der Waals surface area contributed by atoms with E-state index in [2.05, 4.69) is 20.2 Å². The number of ether oxygens (including phenoxy) is 1. The molecule has 0 saturated carbocycles. The first-order valence-corrected chi connectivity index (χ1v) is 9.52. The largest absolute Gasteiger partial charge is 0.462 e. The van der Waals surface area contributed by atoms with Crippen LogP contribution >= 0.6 is 12.4 Å². The number of esters is 1. The number of aromatic amines is 1. The van der Waals surface area contributed by atoms with Gasteiger partial charge in [-0.3, -0.25) is 5.10 Å². The van der Waals surface area contributed by atoms with E-state index in [-0.39, 0.29) is 42.2 Å². The first kappa shape index (κ1) is 20.4. The molecular weight excluding hydrogens is 380 g/mol. The van der Waals surface area contributed by atoms with Crippen LogP contribution in [0.1, 0.15) is 34.5 Å². The summed E-state index contributed by atoms with van der Waals surface area (Å²) in [6.45, 7) is 2.75. The number of halogens is 1. The molecule has 0 aliphatic carbocycles. The first-order chi connectivity index (χ1) is 12.0. The van der Waals surface area contributed by atoms with Gasteiger partial charge < -0.3 is 10.1 Å². The summed E-state index contributed by atoms with van der Waals surface area (Å²) in [6, 6.07) is 7.81. The second kappa shape index (κ2) is 8.63. The van der Waals surface area contributed by atoms with E-state index in [1.807, 2.05) is 24.3 Å². The van der Waals surface area contributed by atoms with Gasteiger partial charge in [-0.25, -0.2) is 17.9 Å². The number of aromatic nitrogens is 2. The lowest BCUT2D eigenvalue weighted by Gasteiger charge is -2.27. The van der Waals surface area contributed by atoms with E-state index in [9.17, 15) is 13.2 Å². The molecule has 1 aliphatic heterocycles. The molecule has 10 heteroatoms. The third-order valence-electron chi connectivity index (χ3n) is 4.06. The molecule has 1 aromatic heterocycles. The summed E-state index contributed by atoms with van der Waals surface area (Å²) < 4.78 is 32.5. The maximum absolute atomic E-state index is 12.6. The van der Waals surface area contributed by atoms with Crippen LogP contribution in [0.15, 0.2) is 35.5 Å². The predicted octanol–water partition coefficient (Wildman–Crippen LogP) is 1.17. The number of nitrogens with zero attached hydrogens (tertiary/aromatic N) is 1. The van der Waals surface area contributed by atoms with Gasteiger partial charge in [0.2, 0.25) is 0 Å². The molecule has 3 rings (SSSR count). The molecule has 2 aromatic rings. The Hall–Kier alpha value is -1.94. The second-order valence-corrected chi connectivity index (χ2v) is 7.34. The molecule has 0 spiro atoms. The third-order valence-corrected chi connectivity index (χ3v) is 5.46. The number of fused-ring (bicyclic) bond motifs is 1. The highest BCUT2D eigenvalue weighted by atomic mass is 35.5. The summed E-state index contributed by atoms with van der Waals surface area (Å²) in [4.78, 5) is 11.9. The van der Waals surface area contributed by atoms with E-state index in [4.69, 9.17) is 4.74 Å². The maximum Gasteiger partial charge on any atom is 0.342 e. The number of benzene rings is 1. The highest BCUT2D eigenvalue weighted by Gasteiger charge is 2.27. The normalized spacial score (nSPS) is 16.4. The van der Waals surface area contributed by atoms with E-state index >= 15 is 0 Å². The Morgan fingerprint density at radius 1 is 1.38 bits per heavy atom.